The first kappa shape index (κ1) is 14.7. The van der Waals surface area contributed by atoms with E-state index in [0.717, 1.165) is 6.07 Å². The van der Waals surface area contributed by atoms with Crippen molar-refractivity contribution in [1.82, 2.24) is 0 Å². The van der Waals surface area contributed by atoms with E-state index in [2.05, 4.69) is 5.32 Å². The topological polar surface area (TPSA) is 121 Å². The molecule has 0 aliphatic rings. The summed E-state index contributed by atoms with van der Waals surface area (Å²) in [6, 6.07) is 6.37. The first-order valence-electron chi connectivity index (χ1n) is 5.33. The van der Waals surface area contributed by atoms with Gasteiger partial charge in [0.05, 0.1) is 4.90 Å². The lowest BCUT2D eigenvalue weighted by atomic mass is 10.1. The number of rotatable bonds is 3. The highest BCUT2D eigenvalue weighted by atomic mass is 32.2. The van der Waals surface area contributed by atoms with Gasteiger partial charge in [-0.2, -0.15) is 16.8 Å². The first-order valence-corrected chi connectivity index (χ1v) is 8.21. The van der Waals surface area contributed by atoms with Crippen molar-refractivity contribution in [2.75, 3.05) is 12.4 Å². The molecule has 0 aliphatic carbocycles. The van der Waals surface area contributed by atoms with Crippen LogP contribution in [0.25, 0.3) is 10.8 Å². The molecular weight excluding hydrogens is 306 g/mol. The van der Waals surface area contributed by atoms with Gasteiger partial charge in [-0.25, -0.2) is 0 Å². The standard InChI is InChI=1S/C11H11NO6S2/c1-12-8-3-2-7-4-9(19(13,14)15)6-11(10(7)5-8)20(16,17)18/h2-6,12H,1H3,(H,13,14,15)(H,16,17,18). The summed E-state index contributed by atoms with van der Waals surface area (Å²) in [4.78, 5) is -1.19. The Hall–Kier alpha value is -1.68. The summed E-state index contributed by atoms with van der Waals surface area (Å²) < 4.78 is 63.3. The van der Waals surface area contributed by atoms with Crippen molar-refractivity contribution in [3.05, 3.63) is 30.3 Å². The second kappa shape index (κ2) is 4.70. The van der Waals surface area contributed by atoms with Crippen LogP contribution in [0.4, 0.5) is 5.69 Å². The molecule has 7 nitrogen and oxygen atoms in total. The third kappa shape index (κ3) is 2.75. The summed E-state index contributed by atoms with van der Waals surface area (Å²) in [5.41, 5.74) is 0.585. The molecule has 0 fully saturated rings. The lowest BCUT2D eigenvalue weighted by Crippen LogP contribution is -2.04. The Bertz CT molecular complexity index is 887. The Kier molecular flexibility index (Phi) is 3.46. The molecule has 0 aliphatic heterocycles. The van der Waals surface area contributed by atoms with Crippen LogP contribution in [0, 0.1) is 0 Å². The minimum Gasteiger partial charge on any atom is -0.388 e. The fraction of sp³-hybridized carbons (Fsp3) is 0.0909. The third-order valence-corrected chi connectivity index (χ3v) is 4.48. The minimum atomic E-state index is -4.64. The van der Waals surface area contributed by atoms with Crippen LogP contribution in [0.5, 0.6) is 0 Å². The summed E-state index contributed by atoms with van der Waals surface area (Å²) in [6.45, 7) is 0. The highest BCUT2D eigenvalue weighted by molar-refractivity contribution is 7.86. The Morgan fingerprint density at radius 1 is 0.950 bits per heavy atom. The molecule has 0 amide bonds. The van der Waals surface area contributed by atoms with Crippen molar-refractivity contribution >= 4 is 36.7 Å². The van der Waals surface area contributed by atoms with Gasteiger partial charge in [-0.05, 0) is 29.7 Å². The summed E-state index contributed by atoms with van der Waals surface area (Å²) in [7, 11) is -7.60. The zero-order chi connectivity index (χ0) is 15.1. The van der Waals surface area contributed by atoms with Gasteiger partial charge in [-0.3, -0.25) is 9.11 Å². The van der Waals surface area contributed by atoms with Gasteiger partial charge in [0.15, 0.2) is 0 Å². The van der Waals surface area contributed by atoms with E-state index in [4.69, 9.17) is 4.55 Å². The lowest BCUT2D eigenvalue weighted by Gasteiger charge is -2.08. The SMILES string of the molecule is CNc1ccc2cc(S(=O)(=O)O)cc(S(=O)(=O)O)c2c1. The average molecular weight is 317 g/mol. The molecule has 0 bridgehead atoms. The van der Waals surface area contributed by atoms with Crippen molar-refractivity contribution in [3.63, 3.8) is 0 Å². The molecule has 2 aromatic carbocycles. The van der Waals surface area contributed by atoms with E-state index in [1.54, 1.807) is 13.1 Å². The predicted octanol–water partition coefficient (Wildman–Crippen LogP) is 1.37. The average Bonchev–Trinajstić information content (AvgIpc) is 2.34. The van der Waals surface area contributed by atoms with Crippen LogP contribution >= 0.6 is 0 Å². The van der Waals surface area contributed by atoms with E-state index in [1.807, 2.05) is 0 Å². The Labute approximate surface area is 115 Å². The number of nitrogens with one attached hydrogen (secondary N) is 1. The van der Waals surface area contributed by atoms with Crippen molar-refractivity contribution in [2.24, 2.45) is 0 Å². The van der Waals surface area contributed by atoms with E-state index in [1.165, 1.54) is 12.1 Å². The minimum absolute atomic E-state index is 0.145. The Morgan fingerprint density at radius 3 is 2.10 bits per heavy atom. The molecule has 0 saturated carbocycles. The quantitative estimate of drug-likeness (QED) is 0.731. The summed E-state index contributed by atoms with van der Waals surface area (Å²) in [5.74, 6) is 0. The molecular formula is C11H11NO6S2. The van der Waals surface area contributed by atoms with Gasteiger partial charge in [-0.15, -0.1) is 0 Å². The van der Waals surface area contributed by atoms with Gasteiger partial charge in [0, 0.05) is 18.1 Å². The molecule has 20 heavy (non-hydrogen) atoms. The maximum atomic E-state index is 11.4. The number of fused-ring (bicyclic) bond motifs is 1. The van der Waals surface area contributed by atoms with Crippen LogP contribution in [0.15, 0.2) is 40.1 Å². The molecule has 0 spiro atoms. The molecule has 0 radical (unpaired) electrons. The second-order valence-electron chi connectivity index (χ2n) is 4.06. The van der Waals surface area contributed by atoms with Crippen molar-refractivity contribution < 1.29 is 25.9 Å². The molecule has 9 heteroatoms. The molecule has 0 heterocycles. The van der Waals surface area contributed by atoms with E-state index in [9.17, 15) is 21.4 Å². The summed E-state index contributed by atoms with van der Waals surface area (Å²) in [5, 5.41) is 3.20. The largest absolute Gasteiger partial charge is 0.388 e. The summed E-state index contributed by atoms with van der Waals surface area (Å²) in [6.07, 6.45) is 0. The molecule has 0 unspecified atom stereocenters. The zero-order valence-corrected chi connectivity index (χ0v) is 11.9. The fourth-order valence-electron chi connectivity index (χ4n) is 1.82. The van der Waals surface area contributed by atoms with E-state index >= 15 is 0 Å². The van der Waals surface area contributed by atoms with Crippen LogP contribution in [0.1, 0.15) is 0 Å². The van der Waals surface area contributed by atoms with E-state index < -0.39 is 30.0 Å². The van der Waals surface area contributed by atoms with Gasteiger partial charge >= 0.3 is 0 Å². The van der Waals surface area contributed by atoms with Crippen molar-refractivity contribution in [2.45, 2.75) is 9.79 Å². The van der Waals surface area contributed by atoms with Gasteiger partial charge in [0.1, 0.15) is 4.90 Å². The van der Waals surface area contributed by atoms with Gasteiger partial charge in [-0.1, -0.05) is 6.07 Å². The van der Waals surface area contributed by atoms with Crippen molar-refractivity contribution in [3.8, 4) is 0 Å². The van der Waals surface area contributed by atoms with Crippen LogP contribution in [-0.4, -0.2) is 33.0 Å². The maximum absolute atomic E-state index is 11.4. The van der Waals surface area contributed by atoms with Gasteiger partial charge in [0.2, 0.25) is 0 Å². The Morgan fingerprint density at radius 2 is 1.60 bits per heavy atom. The molecule has 3 N–H and O–H groups in total. The third-order valence-electron chi connectivity index (χ3n) is 2.75. The molecule has 0 saturated heterocycles. The van der Waals surface area contributed by atoms with E-state index in [-0.39, 0.29) is 10.8 Å². The second-order valence-corrected chi connectivity index (χ2v) is 6.87. The van der Waals surface area contributed by atoms with Crippen LogP contribution in [0.2, 0.25) is 0 Å². The lowest BCUT2D eigenvalue weighted by molar-refractivity contribution is 0.482. The van der Waals surface area contributed by atoms with Crippen LogP contribution < -0.4 is 5.32 Å². The number of hydrogen-bond donors (Lipinski definition) is 3. The molecule has 0 atom stereocenters. The first-order chi connectivity index (χ1) is 9.13. The molecule has 0 aromatic heterocycles. The number of benzene rings is 2. The molecule has 2 rings (SSSR count). The van der Waals surface area contributed by atoms with Crippen LogP contribution in [0.3, 0.4) is 0 Å². The predicted molar refractivity (Wildman–Crippen MR) is 73.1 cm³/mol. The fourth-order valence-corrected chi connectivity index (χ4v) is 3.16. The molecule has 108 valence electrons. The van der Waals surface area contributed by atoms with Gasteiger partial charge < -0.3 is 5.32 Å². The normalized spacial score (nSPS) is 12.6. The monoisotopic (exact) mass is 317 g/mol. The highest BCUT2D eigenvalue weighted by Crippen LogP contribution is 2.29. The zero-order valence-electron chi connectivity index (χ0n) is 10.2. The number of anilines is 1. The summed E-state index contributed by atoms with van der Waals surface area (Å²) >= 11 is 0. The maximum Gasteiger partial charge on any atom is 0.295 e. The Balaban J connectivity index is 2.97. The van der Waals surface area contributed by atoms with Gasteiger partial charge in [0.25, 0.3) is 20.2 Å². The van der Waals surface area contributed by atoms with E-state index in [0.29, 0.717) is 11.8 Å². The van der Waals surface area contributed by atoms with Crippen LogP contribution in [-0.2, 0) is 20.2 Å². The smallest absolute Gasteiger partial charge is 0.295 e. The van der Waals surface area contributed by atoms with Crippen molar-refractivity contribution in [1.29, 1.82) is 0 Å². The molecule has 2 aromatic rings. The highest BCUT2D eigenvalue weighted by Gasteiger charge is 2.20. The number of hydrogen-bond acceptors (Lipinski definition) is 5.